The van der Waals surface area contributed by atoms with Gasteiger partial charge in [-0.1, -0.05) is 6.58 Å². The fraction of sp³-hybridized carbons (Fsp3) is 0. The molecule has 0 aliphatic heterocycles. The third kappa shape index (κ3) is 7.64. The van der Waals surface area contributed by atoms with E-state index in [-0.39, 0.29) is 27.5 Å². The van der Waals surface area contributed by atoms with Crippen LogP contribution in [0.25, 0.3) is 0 Å². The molecule has 61 valence electrons. The number of hydrogen-bond acceptors (Lipinski definition) is 3. The standard InChI is InChI=1S/C4H6N2O2S.Ag/c1-2-3(7)8-6-4(5)9;/h2H,1H2,(H3,5,6,9);. The monoisotopic (exact) mass is 253 g/mol. The van der Waals surface area contributed by atoms with E-state index >= 15 is 0 Å². The third-order valence-corrected chi connectivity index (χ3v) is 0.502. The van der Waals surface area contributed by atoms with Crippen molar-refractivity contribution in [2.24, 2.45) is 5.73 Å². The number of carbonyl (C=O) groups excluding carboxylic acids is 1. The Morgan fingerprint density at radius 2 is 2.30 bits per heavy atom. The van der Waals surface area contributed by atoms with Gasteiger partial charge in [0.25, 0.3) is 0 Å². The molecule has 0 fully saturated rings. The largest absolute Gasteiger partial charge is 0.374 e. The van der Waals surface area contributed by atoms with Crippen LogP contribution in [0.15, 0.2) is 12.7 Å². The average Bonchev–Trinajstić information content (AvgIpc) is 1.83. The smallest absolute Gasteiger partial charge is 0.355 e. The Labute approximate surface area is 79.3 Å². The summed E-state index contributed by atoms with van der Waals surface area (Å²) >= 11 is 4.32. The van der Waals surface area contributed by atoms with Crippen molar-refractivity contribution in [2.45, 2.75) is 0 Å². The van der Waals surface area contributed by atoms with Gasteiger partial charge >= 0.3 is 5.97 Å². The SMILES string of the molecule is C=CC(=O)ONC(N)=S.[Ag]. The maximum atomic E-state index is 10.2. The Bertz CT molecular complexity index is 150. The molecular formula is C4H6AgN2O2S. The minimum atomic E-state index is -0.622. The van der Waals surface area contributed by atoms with Crippen molar-refractivity contribution in [3.8, 4) is 0 Å². The fourth-order valence-corrected chi connectivity index (χ4v) is 0.184. The second-order valence-electron chi connectivity index (χ2n) is 1.09. The van der Waals surface area contributed by atoms with E-state index in [0.717, 1.165) is 6.08 Å². The zero-order chi connectivity index (χ0) is 7.28. The first-order valence-corrected chi connectivity index (χ1v) is 2.46. The predicted octanol–water partition coefficient (Wildman–Crippen LogP) is -0.539. The first-order chi connectivity index (χ1) is 4.16. The van der Waals surface area contributed by atoms with Gasteiger partial charge in [-0.15, -0.1) is 0 Å². The maximum Gasteiger partial charge on any atom is 0.355 e. The molecule has 0 aliphatic rings. The van der Waals surface area contributed by atoms with Crippen molar-refractivity contribution in [1.29, 1.82) is 0 Å². The van der Waals surface area contributed by atoms with E-state index in [4.69, 9.17) is 5.73 Å². The zero-order valence-electron chi connectivity index (χ0n) is 4.89. The van der Waals surface area contributed by atoms with E-state index in [1.165, 1.54) is 0 Å². The summed E-state index contributed by atoms with van der Waals surface area (Å²) < 4.78 is 0. The minimum absolute atomic E-state index is 0. The third-order valence-electron chi connectivity index (χ3n) is 0.419. The summed E-state index contributed by atoms with van der Waals surface area (Å²) in [4.78, 5) is 14.4. The molecule has 10 heavy (non-hydrogen) atoms. The van der Waals surface area contributed by atoms with Crippen molar-refractivity contribution in [3.63, 3.8) is 0 Å². The molecule has 4 nitrogen and oxygen atoms in total. The van der Waals surface area contributed by atoms with Gasteiger partial charge in [0.1, 0.15) is 0 Å². The summed E-state index contributed by atoms with van der Waals surface area (Å²) in [6.45, 7) is 3.14. The van der Waals surface area contributed by atoms with Gasteiger partial charge in [0.2, 0.25) is 0 Å². The van der Waals surface area contributed by atoms with Gasteiger partial charge in [-0.2, -0.15) is 5.48 Å². The summed E-state index contributed by atoms with van der Waals surface area (Å²) in [6, 6.07) is 0. The molecule has 0 unspecified atom stereocenters. The van der Waals surface area contributed by atoms with Gasteiger partial charge < -0.3 is 10.6 Å². The molecule has 0 atom stereocenters. The van der Waals surface area contributed by atoms with Crippen LogP contribution in [0.5, 0.6) is 0 Å². The van der Waals surface area contributed by atoms with Crippen LogP contribution in [-0.2, 0) is 32.0 Å². The van der Waals surface area contributed by atoms with Crippen LogP contribution in [-0.4, -0.2) is 11.1 Å². The Morgan fingerprint density at radius 1 is 1.80 bits per heavy atom. The maximum absolute atomic E-state index is 10.2. The van der Waals surface area contributed by atoms with Crippen molar-refractivity contribution in [3.05, 3.63) is 12.7 Å². The second-order valence-corrected chi connectivity index (χ2v) is 1.53. The summed E-state index contributed by atoms with van der Waals surface area (Å²) in [5.41, 5.74) is 6.89. The van der Waals surface area contributed by atoms with E-state index in [1.54, 1.807) is 0 Å². The van der Waals surface area contributed by atoms with Crippen LogP contribution in [0.4, 0.5) is 0 Å². The summed E-state index contributed by atoms with van der Waals surface area (Å²) in [5, 5.41) is -0.0924. The molecule has 0 aromatic heterocycles. The van der Waals surface area contributed by atoms with Gasteiger partial charge in [-0.05, 0) is 12.2 Å². The Morgan fingerprint density at radius 3 is 2.60 bits per heavy atom. The molecule has 0 bridgehead atoms. The normalized spacial score (nSPS) is 6.80. The molecule has 1 radical (unpaired) electrons. The molecule has 0 saturated carbocycles. The van der Waals surface area contributed by atoms with Crippen LogP contribution in [0.3, 0.4) is 0 Å². The van der Waals surface area contributed by atoms with E-state index < -0.39 is 5.97 Å². The summed E-state index contributed by atoms with van der Waals surface area (Å²) in [7, 11) is 0. The molecule has 0 spiro atoms. The number of nitrogens with one attached hydrogen (secondary N) is 1. The van der Waals surface area contributed by atoms with E-state index in [1.807, 2.05) is 5.48 Å². The number of nitrogens with two attached hydrogens (primary N) is 1. The summed E-state index contributed by atoms with van der Waals surface area (Å²) in [5.74, 6) is -0.622. The molecule has 6 heteroatoms. The van der Waals surface area contributed by atoms with Crippen LogP contribution < -0.4 is 11.2 Å². The van der Waals surface area contributed by atoms with Gasteiger partial charge in [0.05, 0.1) is 0 Å². The molecule has 0 rings (SSSR count). The van der Waals surface area contributed by atoms with Crippen LogP contribution in [0.2, 0.25) is 0 Å². The molecule has 0 aromatic rings. The quantitative estimate of drug-likeness (QED) is 0.285. The van der Waals surface area contributed by atoms with Gasteiger partial charge in [0, 0.05) is 28.5 Å². The zero-order valence-corrected chi connectivity index (χ0v) is 7.19. The number of hydroxylamine groups is 1. The first kappa shape index (κ1) is 12.3. The molecule has 0 aromatic carbocycles. The van der Waals surface area contributed by atoms with Gasteiger partial charge in [0.15, 0.2) is 5.11 Å². The number of carbonyl (C=O) groups is 1. The Kier molecular flexibility index (Phi) is 8.33. The number of thiocarbonyl (C=S) groups is 1. The Balaban J connectivity index is 0. The molecule has 3 N–H and O–H groups in total. The van der Waals surface area contributed by atoms with Crippen molar-refractivity contribution >= 4 is 23.3 Å². The molecule has 0 amide bonds. The van der Waals surface area contributed by atoms with E-state index in [0.29, 0.717) is 0 Å². The summed E-state index contributed by atoms with van der Waals surface area (Å²) in [6.07, 6.45) is 0.991. The molecule has 0 aliphatic carbocycles. The predicted molar refractivity (Wildman–Crippen MR) is 36.2 cm³/mol. The molecule has 0 heterocycles. The van der Waals surface area contributed by atoms with Crippen molar-refractivity contribution < 1.29 is 32.0 Å². The Hall–Kier alpha value is -0.360. The number of rotatable bonds is 1. The van der Waals surface area contributed by atoms with E-state index in [2.05, 4.69) is 23.6 Å². The minimum Gasteiger partial charge on any atom is -0.374 e. The van der Waals surface area contributed by atoms with Crippen LogP contribution in [0, 0.1) is 0 Å². The fourth-order valence-electron chi connectivity index (χ4n) is 0.142. The second kappa shape index (κ2) is 6.76. The van der Waals surface area contributed by atoms with Crippen LogP contribution >= 0.6 is 12.2 Å². The van der Waals surface area contributed by atoms with E-state index in [9.17, 15) is 4.79 Å². The van der Waals surface area contributed by atoms with Crippen LogP contribution in [0.1, 0.15) is 0 Å². The van der Waals surface area contributed by atoms with Crippen molar-refractivity contribution in [1.82, 2.24) is 5.48 Å². The van der Waals surface area contributed by atoms with Gasteiger partial charge in [-0.25, -0.2) is 4.79 Å². The number of hydrogen-bond donors (Lipinski definition) is 2. The average molecular weight is 254 g/mol. The van der Waals surface area contributed by atoms with Gasteiger partial charge in [-0.3, -0.25) is 0 Å². The topological polar surface area (TPSA) is 64.3 Å². The molecule has 0 saturated heterocycles. The molecular weight excluding hydrogens is 248 g/mol. The first-order valence-electron chi connectivity index (χ1n) is 2.05. The van der Waals surface area contributed by atoms with Crippen molar-refractivity contribution in [2.75, 3.05) is 0 Å².